The standard InChI is InChI=1S/C16H14N4O2/c1-11-3-4-13(9-12(11)2)16(21)22-15-7-5-14(6-8-15)20-10-17-18-19-20/h3-10H,1-2H3. The number of rotatable bonds is 3. The summed E-state index contributed by atoms with van der Waals surface area (Å²) >= 11 is 0. The zero-order valence-electron chi connectivity index (χ0n) is 12.2. The zero-order valence-corrected chi connectivity index (χ0v) is 12.2. The van der Waals surface area contributed by atoms with Crippen LogP contribution in [0.3, 0.4) is 0 Å². The molecular formula is C16H14N4O2. The molecule has 3 aromatic rings. The molecule has 110 valence electrons. The Morgan fingerprint density at radius 3 is 2.45 bits per heavy atom. The smallest absolute Gasteiger partial charge is 0.343 e. The van der Waals surface area contributed by atoms with Gasteiger partial charge >= 0.3 is 5.97 Å². The summed E-state index contributed by atoms with van der Waals surface area (Å²) in [6.07, 6.45) is 1.50. The molecule has 0 spiro atoms. The molecule has 1 heterocycles. The van der Waals surface area contributed by atoms with Crippen molar-refractivity contribution in [3.63, 3.8) is 0 Å². The van der Waals surface area contributed by atoms with Gasteiger partial charge in [-0.15, -0.1) is 5.10 Å². The quantitative estimate of drug-likeness (QED) is 0.548. The van der Waals surface area contributed by atoms with Crippen LogP contribution in [0.2, 0.25) is 0 Å². The lowest BCUT2D eigenvalue weighted by Gasteiger charge is -2.07. The molecule has 0 saturated heterocycles. The third-order valence-electron chi connectivity index (χ3n) is 3.40. The molecule has 0 unspecified atom stereocenters. The van der Waals surface area contributed by atoms with Gasteiger partial charge in [-0.1, -0.05) is 6.07 Å². The van der Waals surface area contributed by atoms with Crippen LogP contribution < -0.4 is 4.74 Å². The monoisotopic (exact) mass is 294 g/mol. The summed E-state index contributed by atoms with van der Waals surface area (Å²) in [4.78, 5) is 12.1. The fraction of sp³-hybridized carbons (Fsp3) is 0.125. The Kier molecular flexibility index (Phi) is 3.65. The Bertz CT molecular complexity index is 796. The first kappa shape index (κ1) is 13.9. The first-order valence-corrected chi connectivity index (χ1v) is 6.76. The van der Waals surface area contributed by atoms with Crippen molar-refractivity contribution in [1.82, 2.24) is 20.2 Å². The molecule has 2 aromatic carbocycles. The summed E-state index contributed by atoms with van der Waals surface area (Å²) in [5.41, 5.74) is 3.52. The summed E-state index contributed by atoms with van der Waals surface area (Å²) < 4.78 is 6.89. The van der Waals surface area contributed by atoms with Crippen LogP contribution in [0, 0.1) is 13.8 Å². The molecule has 0 saturated carbocycles. The van der Waals surface area contributed by atoms with Gasteiger partial charge in [0, 0.05) is 0 Å². The second-order valence-electron chi connectivity index (χ2n) is 4.94. The van der Waals surface area contributed by atoms with Gasteiger partial charge in [0.1, 0.15) is 12.1 Å². The van der Waals surface area contributed by atoms with E-state index in [4.69, 9.17) is 4.74 Å². The molecule has 6 heteroatoms. The second kappa shape index (κ2) is 5.77. The first-order chi connectivity index (χ1) is 10.6. The summed E-state index contributed by atoms with van der Waals surface area (Å²) in [6.45, 7) is 3.97. The first-order valence-electron chi connectivity index (χ1n) is 6.76. The predicted molar refractivity (Wildman–Crippen MR) is 80.0 cm³/mol. The second-order valence-corrected chi connectivity index (χ2v) is 4.94. The maximum atomic E-state index is 12.1. The van der Waals surface area contributed by atoms with Gasteiger partial charge in [0.25, 0.3) is 0 Å². The molecule has 0 bridgehead atoms. The van der Waals surface area contributed by atoms with Crippen molar-refractivity contribution >= 4 is 5.97 Å². The van der Waals surface area contributed by atoms with E-state index in [0.29, 0.717) is 11.3 Å². The minimum Gasteiger partial charge on any atom is -0.423 e. The van der Waals surface area contributed by atoms with E-state index < -0.39 is 0 Å². The van der Waals surface area contributed by atoms with Crippen LogP contribution in [0.25, 0.3) is 5.69 Å². The molecule has 3 rings (SSSR count). The zero-order chi connectivity index (χ0) is 15.5. The van der Waals surface area contributed by atoms with Crippen LogP contribution in [-0.2, 0) is 0 Å². The van der Waals surface area contributed by atoms with E-state index in [0.717, 1.165) is 16.8 Å². The fourth-order valence-electron chi connectivity index (χ4n) is 1.98. The molecule has 0 aliphatic rings. The molecular weight excluding hydrogens is 280 g/mol. The minimum absolute atomic E-state index is 0.377. The van der Waals surface area contributed by atoms with Crippen molar-refractivity contribution in [3.8, 4) is 11.4 Å². The molecule has 0 aliphatic heterocycles. The number of esters is 1. The molecule has 0 radical (unpaired) electrons. The number of aryl methyl sites for hydroxylation is 2. The maximum absolute atomic E-state index is 12.1. The largest absolute Gasteiger partial charge is 0.423 e. The molecule has 1 aromatic heterocycles. The van der Waals surface area contributed by atoms with Gasteiger partial charge in [0.15, 0.2) is 0 Å². The lowest BCUT2D eigenvalue weighted by Crippen LogP contribution is -2.09. The lowest BCUT2D eigenvalue weighted by atomic mass is 10.1. The average Bonchev–Trinajstić information content (AvgIpc) is 3.05. The molecule has 0 amide bonds. The number of tetrazole rings is 1. The van der Waals surface area contributed by atoms with E-state index >= 15 is 0 Å². The maximum Gasteiger partial charge on any atom is 0.343 e. The van der Waals surface area contributed by atoms with E-state index in [1.54, 1.807) is 30.3 Å². The Labute approximate surface area is 127 Å². The predicted octanol–water partition coefficient (Wildman–Crippen LogP) is 2.50. The molecule has 0 fully saturated rings. The van der Waals surface area contributed by atoms with E-state index in [1.165, 1.54) is 11.0 Å². The van der Waals surface area contributed by atoms with Crippen LogP contribution in [0.15, 0.2) is 48.8 Å². The molecule has 0 atom stereocenters. The third-order valence-corrected chi connectivity index (χ3v) is 3.40. The SMILES string of the molecule is Cc1ccc(C(=O)Oc2ccc(-n3cnnn3)cc2)cc1C. The fourth-order valence-corrected chi connectivity index (χ4v) is 1.98. The summed E-state index contributed by atoms with van der Waals surface area (Å²) in [5, 5.41) is 10.9. The van der Waals surface area contributed by atoms with Crippen molar-refractivity contribution in [2.75, 3.05) is 0 Å². The van der Waals surface area contributed by atoms with Crippen molar-refractivity contribution in [2.24, 2.45) is 0 Å². The number of aromatic nitrogens is 4. The van der Waals surface area contributed by atoms with Gasteiger partial charge in [0.05, 0.1) is 11.3 Å². The Hall–Kier alpha value is -3.02. The number of hydrogen-bond acceptors (Lipinski definition) is 5. The highest BCUT2D eigenvalue weighted by Crippen LogP contribution is 2.17. The number of carbonyl (C=O) groups is 1. The number of benzene rings is 2. The topological polar surface area (TPSA) is 69.9 Å². The van der Waals surface area contributed by atoms with Crippen LogP contribution in [0.4, 0.5) is 0 Å². The highest BCUT2D eigenvalue weighted by molar-refractivity contribution is 5.91. The normalized spacial score (nSPS) is 10.5. The van der Waals surface area contributed by atoms with Gasteiger partial charge in [-0.2, -0.15) is 0 Å². The third kappa shape index (κ3) is 2.85. The minimum atomic E-state index is -0.377. The Balaban J connectivity index is 1.75. The van der Waals surface area contributed by atoms with Crippen LogP contribution >= 0.6 is 0 Å². The van der Waals surface area contributed by atoms with Gasteiger partial charge in [-0.3, -0.25) is 0 Å². The number of ether oxygens (including phenoxy) is 1. The summed E-state index contributed by atoms with van der Waals surface area (Å²) in [5.74, 6) is 0.0957. The number of carbonyl (C=O) groups excluding carboxylic acids is 1. The Morgan fingerprint density at radius 1 is 1.05 bits per heavy atom. The van der Waals surface area contributed by atoms with Crippen LogP contribution in [0.1, 0.15) is 21.5 Å². The van der Waals surface area contributed by atoms with Crippen LogP contribution in [0.5, 0.6) is 5.75 Å². The molecule has 0 aliphatic carbocycles. The van der Waals surface area contributed by atoms with Gasteiger partial charge in [-0.05, 0) is 71.8 Å². The van der Waals surface area contributed by atoms with Crippen molar-refractivity contribution < 1.29 is 9.53 Å². The van der Waals surface area contributed by atoms with Crippen LogP contribution in [-0.4, -0.2) is 26.2 Å². The molecule has 22 heavy (non-hydrogen) atoms. The molecule has 6 nitrogen and oxygen atoms in total. The Morgan fingerprint density at radius 2 is 1.82 bits per heavy atom. The average molecular weight is 294 g/mol. The van der Waals surface area contributed by atoms with Gasteiger partial charge in [-0.25, -0.2) is 9.48 Å². The highest BCUT2D eigenvalue weighted by Gasteiger charge is 2.09. The number of nitrogens with zero attached hydrogens (tertiary/aromatic N) is 4. The highest BCUT2D eigenvalue weighted by atomic mass is 16.5. The van der Waals surface area contributed by atoms with E-state index in [1.807, 2.05) is 26.0 Å². The summed E-state index contributed by atoms with van der Waals surface area (Å²) in [6, 6.07) is 12.5. The lowest BCUT2D eigenvalue weighted by molar-refractivity contribution is 0.0734. The number of hydrogen-bond donors (Lipinski definition) is 0. The van der Waals surface area contributed by atoms with Crippen molar-refractivity contribution in [3.05, 3.63) is 65.5 Å². The summed E-state index contributed by atoms with van der Waals surface area (Å²) in [7, 11) is 0. The van der Waals surface area contributed by atoms with Gasteiger partial charge in [0.2, 0.25) is 0 Å². The van der Waals surface area contributed by atoms with Crippen molar-refractivity contribution in [2.45, 2.75) is 13.8 Å². The molecule has 0 N–H and O–H groups in total. The van der Waals surface area contributed by atoms with Gasteiger partial charge < -0.3 is 4.74 Å². The van der Waals surface area contributed by atoms with E-state index in [2.05, 4.69) is 15.5 Å². The van der Waals surface area contributed by atoms with E-state index in [9.17, 15) is 4.79 Å². The van der Waals surface area contributed by atoms with Crippen molar-refractivity contribution in [1.29, 1.82) is 0 Å². The van der Waals surface area contributed by atoms with E-state index in [-0.39, 0.29) is 5.97 Å².